The maximum absolute atomic E-state index is 11.1. The van der Waals surface area contributed by atoms with Crippen molar-refractivity contribution < 1.29 is 9.53 Å². The first-order valence-corrected chi connectivity index (χ1v) is 4.41. The molecule has 0 spiro atoms. The van der Waals surface area contributed by atoms with Crippen molar-refractivity contribution in [1.82, 2.24) is 3.53 Å². The predicted octanol–water partition coefficient (Wildman–Crippen LogP) is 1.77. The largest absolute Gasteiger partial charge is 0.497 e. The van der Waals surface area contributed by atoms with Crippen LogP contribution in [0, 0.1) is 0 Å². The molecule has 1 N–H and O–H groups in total. The minimum Gasteiger partial charge on any atom is -0.497 e. The Bertz CT molecular complexity index is 271. The van der Waals surface area contributed by atoms with Crippen molar-refractivity contribution in [1.29, 1.82) is 0 Å². The maximum Gasteiger partial charge on any atom is 0.259 e. The molecule has 0 aromatic heterocycles. The normalized spacial score (nSPS) is 9.17. The molecule has 12 heavy (non-hydrogen) atoms. The SMILES string of the molecule is COc1ccc(C(=O)NI)cc1. The van der Waals surface area contributed by atoms with Crippen LogP contribution in [0.2, 0.25) is 0 Å². The maximum atomic E-state index is 11.1. The molecule has 1 rings (SSSR count). The first-order valence-electron chi connectivity index (χ1n) is 3.33. The lowest BCUT2D eigenvalue weighted by Gasteiger charge is -2.00. The molecule has 0 bridgehead atoms. The van der Waals surface area contributed by atoms with Gasteiger partial charge in [0.1, 0.15) is 5.75 Å². The Labute approximate surface area is 84.6 Å². The van der Waals surface area contributed by atoms with Gasteiger partial charge in [-0.05, 0) is 24.3 Å². The standard InChI is InChI=1S/C8H8INO2/c1-12-7-4-2-6(3-5-7)8(11)10-9/h2-5H,1H3,(H,10,11). The van der Waals surface area contributed by atoms with E-state index in [9.17, 15) is 4.79 Å². The number of hydrogen-bond acceptors (Lipinski definition) is 2. The lowest BCUT2D eigenvalue weighted by atomic mass is 10.2. The van der Waals surface area contributed by atoms with Gasteiger partial charge < -0.3 is 4.74 Å². The van der Waals surface area contributed by atoms with E-state index in [1.54, 1.807) is 54.2 Å². The molecule has 0 saturated heterocycles. The minimum absolute atomic E-state index is 0.0988. The van der Waals surface area contributed by atoms with E-state index < -0.39 is 0 Å². The summed E-state index contributed by atoms with van der Waals surface area (Å²) in [5, 5.41) is 0. The summed E-state index contributed by atoms with van der Waals surface area (Å²) in [6.45, 7) is 0. The van der Waals surface area contributed by atoms with Crippen LogP contribution >= 0.6 is 22.9 Å². The molecule has 4 heteroatoms. The molecule has 0 saturated carbocycles. The third kappa shape index (κ3) is 2.10. The van der Waals surface area contributed by atoms with Gasteiger partial charge in [-0.2, -0.15) is 0 Å². The predicted molar refractivity (Wildman–Crippen MR) is 54.5 cm³/mol. The summed E-state index contributed by atoms with van der Waals surface area (Å²) in [6.07, 6.45) is 0. The van der Waals surface area contributed by atoms with Crippen molar-refractivity contribution in [3.63, 3.8) is 0 Å². The van der Waals surface area contributed by atoms with E-state index >= 15 is 0 Å². The molecule has 0 heterocycles. The van der Waals surface area contributed by atoms with Crippen LogP contribution in [-0.4, -0.2) is 13.0 Å². The quantitative estimate of drug-likeness (QED) is 0.661. The lowest BCUT2D eigenvalue weighted by molar-refractivity contribution is 0.0989. The van der Waals surface area contributed by atoms with E-state index in [-0.39, 0.29) is 5.91 Å². The van der Waals surface area contributed by atoms with Gasteiger partial charge in [-0.1, -0.05) is 0 Å². The third-order valence-electron chi connectivity index (χ3n) is 1.44. The van der Waals surface area contributed by atoms with Crippen LogP contribution in [0.25, 0.3) is 0 Å². The second-order valence-electron chi connectivity index (χ2n) is 2.15. The number of hydrogen-bond donors (Lipinski definition) is 1. The summed E-state index contributed by atoms with van der Waals surface area (Å²) in [4.78, 5) is 11.1. The van der Waals surface area contributed by atoms with E-state index in [2.05, 4.69) is 3.53 Å². The first kappa shape index (κ1) is 9.31. The van der Waals surface area contributed by atoms with Gasteiger partial charge in [0.05, 0.1) is 30.0 Å². The summed E-state index contributed by atoms with van der Waals surface area (Å²) in [6, 6.07) is 6.93. The van der Waals surface area contributed by atoms with Crippen molar-refractivity contribution in [3.05, 3.63) is 29.8 Å². The van der Waals surface area contributed by atoms with Crippen LogP contribution in [-0.2, 0) is 0 Å². The topological polar surface area (TPSA) is 38.3 Å². The number of methoxy groups -OCH3 is 1. The number of nitrogens with one attached hydrogen (secondary N) is 1. The van der Waals surface area contributed by atoms with Gasteiger partial charge in [-0.3, -0.25) is 8.32 Å². The number of halogens is 1. The Morgan fingerprint density at radius 3 is 2.42 bits per heavy atom. The van der Waals surface area contributed by atoms with Crippen LogP contribution in [0.4, 0.5) is 0 Å². The smallest absolute Gasteiger partial charge is 0.259 e. The van der Waals surface area contributed by atoms with Crippen molar-refractivity contribution in [3.8, 4) is 5.75 Å². The fourth-order valence-electron chi connectivity index (χ4n) is 0.797. The summed E-state index contributed by atoms with van der Waals surface area (Å²) >= 11 is 1.80. The third-order valence-corrected chi connectivity index (χ3v) is 1.93. The summed E-state index contributed by atoms with van der Waals surface area (Å²) in [7, 11) is 1.59. The minimum atomic E-state index is -0.0988. The molecule has 0 aliphatic carbocycles. The van der Waals surface area contributed by atoms with Crippen LogP contribution < -0.4 is 8.27 Å². The molecule has 0 aliphatic heterocycles. The van der Waals surface area contributed by atoms with Crippen molar-refractivity contribution in [2.75, 3.05) is 7.11 Å². The zero-order valence-corrected chi connectivity index (χ0v) is 8.66. The Kier molecular flexibility index (Phi) is 3.33. The molecular formula is C8H8INO2. The highest BCUT2D eigenvalue weighted by molar-refractivity contribution is 14.1. The van der Waals surface area contributed by atoms with Gasteiger partial charge in [-0.15, -0.1) is 0 Å². The Hall–Kier alpha value is -0.780. The highest BCUT2D eigenvalue weighted by Gasteiger charge is 2.01. The summed E-state index contributed by atoms with van der Waals surface area (Å²) < 4.78 is 7.46. The monoisotopic (exact) mass is 277 g/mol. The van der Waals surface area contributed by atoms with E-state index in [4.69, 9.17) is 4.74 Å². The van der Waals surface area contributed by atoms with Crippen molar-refractivity contribution >= 4 is 28.8 Å². The lowest BCUT2D eigenvalue weighted by Crippen LogP contribution is -2.11. The molecule has 0 atom stereocenters. The number of carbonyl (C=O) groups is 1. The van der Waals surface area contributed by atoms with E-state index in [0.717, 1.165) is 5.75 Å². The van der Waals surface area contributed by atoms with Gasteiger partial charge in [0.2, 0.25) is 0 Å². The second-order valence-corrected chi connectivity index (χ2v) is 2.69. The number of rotatable bonds is 2. The zero-order chi connectivity index (χ0) is 8.97. The molecule has 1 aromatic carbocycles. The fourth-order valence-corrected chi connectivity index (χ4v) is 1.11. The number of amides is 1. The van der Waals surface area contributed by atoms with Crippen molar-refractivity contribution in [2.45, 2.75) is 0 Å². The van der Waals surface area contributed by atoms with Gasteiger partial charge in [0, 0.05) is 5.56 Å². The molecule has 0 fully saturated rings. The summed E-state index contributed by atoms with van der Waals surface area (Å²) in [5.41, 5.74) is 0.630. The van der Waals surface area contributed by atoms with Gasteiger partial charge in [-0.25, -0.2) is 0 Å². The van der Waals surface area contributed by atoms with Gasteiger partial charge in [0.15, 0.2) is 0 Å². The van der Waals surface area contributed by atoms with E-state index in [1.165, 1.54) is 0 Å². The average molecular weight is 277 g/mol. The Morgan fingerprint density at radius 2 is 2.00 bits per heavy atom. The average Bonchev–Trinajstić information content (AvgIpc) is 2.17. The summed E-state index contributed by atoms with van der Waals surface area (Å²) in [5.74, 6) is 0.651. The number of ether oxygens (including phenoxy) is 1. The second kappa shape index (κ2) is 4.30. The molecular weight excluding hydrogens is 269 g/mol. The van der Waals surface area contributed by atoms with Crippen LogP contribution in [0.15, 0.2) is 24.3 Å². The highest BCUT2D eigenvalue weighted by atomic mass is 127. The molecule has 0 unspecified atom stereocenters. The zero-order valence-electron chi connectivity index (χ0n) is 6.50. The molecule has 1 amide bonds. The molecule has 0 radical (unpaired) electrons. The highest BCUT2D eigenvalue weighted by Crippen LogP contribution is 2.11. The van der Waals surface area contributed by atoms with E-state index in [0.29, 0.717) is 5.56 Å². The molecule has 1 aromatic rings. The molecule has 64 valence electrons. The molecule has 3 nitrogen and oxygen atoms in total. The van der Waals surface area contributed by atoms with Crippen molar-refractivity contribution in [2.24, 2.45) is 0 Å². The van der Waals surface area contributed by atoms with Crippen LogP contribution in [0.5, 0.6) is 5.75 Å². The Morgan fingerprint density at radius 1 is 1.42 bits per heavy atom. The molecule has 0 aliphatic rings. The number of benzene rings is 1. The fraction of sp³-hybridized carbons (Fsp3) is 0.125. The first-order chi connectivity index (χ1) is 5.77. The van der Waals surface area contributed by atoms with Crippen LogP contribution in [0.3, 0.4) is 0 Å². The van der Waals surface area contributed by atoms with Crippen LogP contribution in [0.1, 0.15) is 10.4 Å². The van der Waals surface area contributed by atoms with Gasteiger partial charge in [0.25, 0.3) is 5.91 Å². The van der Waals surface area contributed by atoms with Gasteiger partial charge >= 0.3 is 0 Å². The number of carbonyl (C=O) groups excluding carboxylic acids is 1. The Balaban J connectivity index is 2.84. The van der Waals surface area contributed by atoms with E-state index in [1.807, 2.05) is 0 Å².